The van der Waals surface area contributed by atoms with Crippen LogP contribution in [0.3, 0.4) is 0 Å². The molecule has 2 aliphatic rings. The first kappa shape index (κ1) is 21.8. The molecule has 2 aliphatic heterocycles. The van der Waals surface area contributed by atoms with Gasteiger partial charge in [-0.1, -0.05) is 0 Å². The lowest BCUT2D eigenvalue weighted by atomic mass is 9.98. The summed E-state index contributed by atoms with van der Waals surface area (Å²) in [5.41, 5.74) is 0. The summed E-state index contributed by atoms with van der Waals surface area (Å²) in [6.07, 6.45) is 3.51. The standard InChI is InChI=1S/C14H26F2N4O2S.HI/c1-2-17-14(19-7-3-4-8-19)18-11-12-5-9-20(10-6-12)23(21,22)13(15)16;/h12-13H,2-11H2,1H3,(H,17,18);1H. The van der Waals surface area contributed by atoms with Crippen molar-refractivity contribution in [2.24, 2.45) is 10.9 Å². The summed E-state index contributed by atoms with van der Waals surface area (Å²) < 4.78 is 48.9. The summed E-state index contributed by atoms with van der Waals surface area (Å²) >= 11 is 0. The van der Waals surface area contributed by atoms with E-state index >= 15 is 0 Å². The van der Waals surface area contributed by atoms with Gasteiger partial charge in [-0.3, -0.25) is 4.99 Å². The average molecular weight is 480 g/mol. The zero-order chi connectivity index (χ0) is 16.9. The van der Waals surface area contributed by atoms with E-state index in [2.05, 4.69) is 15.2 Å². The zero-order valence-electron chi connectivity index (χ0n) is 14.0. The van der Waals surface area contributed by atoms with Gasteiger partial charge in [0.1, 0.15) is 0 Å². The van der Waals surface area contributed by atoms with Crippen molar-refractivity contribution in [1.82, 2.24) is 14.5 Å². The summed E-state index contributed by atoms with van der Waals surface area (Å²) in [6.45, 7) is 5.79. The Balaban J connectivity index is 0.00000288. The molecule has 0 aromatic carbocycles. The van der Waals surface area contributed by atoms with Crippen LogP contribution in [0.1, 0.15) is 32.6 Å². The van der Waals surface area contributed by atoms with Gasteiger partial charge in [-0.2, -0.15) is 13.1 Å². The third-order valence-electron chi connectivity index (χ3n) is 4.40. The van der Waals surface area contributed by atoms with Crippen molar-refractivity contribution >= 4 is 40.0 Å². The van der Waals surface area contributed by atoms with Crippen LogP contribution in [0.4, 0.5) is 8.78 Å². The fourth-order valence-electron chi connectivity index (χ4n) is 3.03. The predicted molar refractivity (Wildman–Crippen MR) is 101 cm³/mol. The minimum Gasteiger partial charge on any atom is -0.357 e. The van der Waals surface area contributed by atoms with Gasteiger partial charge >= 0.3 is 5.76 Å². The van der Waals surface area contributed by atoms with Crippen molar-refractivity contribution in [3.63, 3.8) is 0 Å². The number of hydrogen-bond donors (Lipinski definition) is 1. The van der Waals surface area contributed by atoms with Crippen molar-refractivity contribution in [2.75, 3.05) is 39.3 Å². The van der Waals surface area contributed by atoms with Crippen molar-refractivity contribution < 1.29 is 17.2 Å². The molecule has 0 aliphatic carbocycles. The minimum absolute atomic E-state index is 0. The Labute approximate surface area is 160 Å². The molecule has 0 aromatic heterocycles. The van der Waals surface area contributed by atoms with E-state index in [1.165, 1.54) is 12.8 Å². The molecule has 0 bridgehead atoms. The molecular weight excluding hydrogens is 453 g/mol. The third kappa shape index (κ3) is 5.65. The van der Waals surface area contributed by atoms with E-state index in [4.69, 9.17) is 0 Å². The van der Waals surface area contributed by atoms with E-state index in [1.54, 1.807) is 0 Å². The molecule has 2 heterocycles. The highest BCUT2D eigenvalue weighted by atomic mass is 127. The average Bonchev–Trinajstić information content (AvgIpc) is 3.06. The van der Waals surface area contributed by atoms with Gasteiger partial charge in [0.25, 0.3) is 10.0 Å². The van der Waals surface area contributed by atoms with Crippen LogP contribution >= 0.6 is 24.0 Å². The number of likely N-dealkylation sites (tertiary alicyclic amines) is 1. The first-order valence-electron chi connectivity index (χ1n) is 8.25. The number of nitrogens with zero attached hydrogens (tertiary/aromatic N) is 3. The second-order valence-electron chi connectivity index (χ2n) is 6.04. The Morgan fingerprint density at radius 2 is 1.79 bits per heavy atom. The van der Waals surface area contributed by atoms with Crippen LogP contribution in [0.5, 0.6) is 0 Å². The molecule has 10 heteroatoms. The van der Waals surface area contributed by atoms with Gasteiger partial charge in [0.2, 0.25) is 0 Å². The van der Waals surface area contributed by atoms with E-state index in [-0.39, 0.29) is 43.0 Å². The maximum Gasteiger partial charge on any atom is 0.350 e. The summed E-state index contributed by atoms with van der Waals surface area (Å²) in [6, 6.07) is 0. The molecule has 6 nitrogen and oxygen atoms in total. The molecule has 0 unspecified atom stereocenters. The van der Waals surface area contributed by atoms with Gasteiger partial charge in [-0.05, 0) is 38.5 Å². The Morgan fingerprint density at radius 3 is 2.29 bits per heavy atom. The number of rotatable bonds is 5. The van der Waals surface area contributed by atoms with Crippen LogP contribution in [-0.2, 0) is 10.0 Å². The number of nitrogens with one attached hydrogen (secondary N) is 1. The minimum atomic E-state index is -4.43. The number of halogens is 3. The normalized spacial score (nSPS) is 21.2. The monoisotopic (exact) mass is 480 g/mol. The third-order valence-corrected chi connectivity index (χ3v) is 5.93. The van der Waals surface area contributed by atoms with Crippen LogP contribution in [-0.4, -0.2) is 68.6 Å². The molecule has 2 saturated heterocycles. The Morgan fingerprint density at radius 1 is 1.21 bits per heavy atom. The molecule has 24 heavy (non-hydrogen) atoms. The van der Waals surface area contributed by atoms with E-state index in [1.807, 2.05) is 6.92 Å². The zero-order valence-corrected chi connectivity index (χ0v) is 17.1. The highest BCUT2D eigenvalue weighted by Crippen LogP contribution is 2.23. The molecule has 0 spiro atoms. The lowest BCUT2D eigenvalue weighted by molar-refractivity contribution is 0.205. The fraction of sp³-hybridized carbons (Fsp3) is 0.929. The topological polar surface area (TPSA) is 65.0 Å². The van der Waals surface area contributed by atoms with Crippen molar-refractivity contribution in [3.05, 3.63) is 0 Å². The van der Waals surface area contributed by atoms with E-state index < -0.39 is 15.8 Å². The van der Waals surface area contributed by atoms with Crippen LogP contribution < -0.4 is 5.32 Å². The second kappa shape index (κ2) is 10.0. The number of aliphatic imine (C=N–C) groups is 1. The number of sulfonamides is 1. The number of guanidine groups is 1. The summed E-state index contributed by atoms with van der Waals surface area (Å²) in [7, 11) is -4.43. The lowest BCUT2D eigenvalue weighted by Crippen LogP contribution is -2.42. The van der Waals surface area contributed by atoms with Gasteiger partial charge < -0.3 is 10.2 Å². The van der Waals surface area contributed by atoms with Gasteiger partial charge in [-0.15, -0.1) is 24.0 Å². The largest absolute Gasteiger partial charge is 0.357 e. The SMILES string of the molecule is CCNC(=NCC1CCN(S(=O)(=O)C(F)F)CC1)N1CCCC1.I. The molecule has 1 N–H and O–H groups in total. The molecular formula is C14H27F2IN4O2S. The van der Waals surface area contributed by atoms with Crippen molar-refractivity contribution in [3.8, 4) is 0 Å². The Hall–Kier alpha value is -0.230. The van der Waals surface area contributed by atoms with Crippen molar-refractivity contribution in [1.29, 1.82) is 0 Å². The number of piperidine rings is 1. The molecule has 142 valence electrons. The van der Waals surface area contributed by atoms with Crippen LogP contribution in [0.15, 0.2) is 4.99 Å². The number of alkyl halides is 2. The Kier molecular flexibility index (Phi) is 9.13. The molecule has 0 saturated carbocycles. The molecule has 0 atom stereocenters. The highest BCUT2D eigenvalue weighted by Gasteiger charge is 2.34. The van der Waals surface area contributed by atoms with Gasteiger partial charge in [0.15, 0.2) is 5.96 Å². The Bertz CT molecular complexity index is 505. The van der Waals surface area contributed by atoms with E-state index in [0.717, 1.165) is 29.9 Å². The second-order valence-corrected chi connectivity index (χ2v) is 7.94. The summed E-state index contributed by atoms with van der Waals surface area (Å²) in [4.78, 5) is 6.89. The molecule has 0 radical (unpaired) electrons. The van der Waals surface area contributed by atoms with E-state index in [0.29, 0.717) is 19.4 Å². The lowest BCUT2D eigenvalue weighted by Gasteiger charge is -2.30. The number of hydrogen-bond acceptors (Lipinski definition) is 3. The maximum atomic E-state index is 12.5. The highest BCUT2D eigenvalue weighted by molar-refractivity contribution is 14.0. The molecule has 0 amide bonds. The summed E-state index contributed by atoms with van der Waals surface area (Å²) in [5, 5.41) is 3.28. The first-order chi connectivity index (χ1) is 10.9. The fourth-order valence-corrected chi connectivity index (χ4v) is 3.97. The van der Waals surface area contributed by atoms with E-state index in [9.17, 15) is 17.2 Å². The summed E-state index contributed by atoms with van der Waals surface area (Å²) in [5.74, 6) is -2.17. The maximum absolute atomic E-state index is 12.5. The quantitative estimate of drug-likeness (QED) is 0.371. The molecule has 2 fully saturated rings. The smallest absolute Gasteiger partial charge is 0.350 e. The van der Waals surface area contributed by atoms with Crippen molar-refractivity contribution in [2.45, 2.75) is 38.4 Å². The predicted octanol–water partition coefficient (Wildman–Crippen LogP) is 1.93. The van der Waals surface area contributed by atoms with Crippen LogP contribution in [0.2, 0.25) is 0 Å². The van der Waals surface area contributed by atoms with Crippen LogP contribution in [0.25, 0.3) is 0 Å². The van der Waals surface area contributed by atoms with Gasteiger partial charge in [-0.25, -0.2) is 8.42 Å². The molecule has 2 rings (SSSR count). The molecule has 0 aromatic rings. The van der Waals surface area contributed by atoms with Gasteiger partial charge in [0.05, 0.1) is 0 Å². The van der Waals surface area contributed by atoms with Gasteiger partial charge in [0, 0.05) is 39.3 Å². The first-order valence-corrected chi connectivity index (χ1v) is 9.76. The van der Waals surface area contributed by atoms with Crippen LogP contribution in [0, 0.1) is 5.92 Å².